The van der Waals surface area contributed by atoms with Gasteiger partial charge in [0.25, 0.3) is 0 Å². The molecular weight excluding hydrogens is 360 g/mol. The fourth-order valence-electron chi connectivity index (χ4n) is 3.59. The maximum absolute atomic E-state index is 12.6. The van der Waals surface area contributed by atoms with Crippen LogP contribution in [-0.4, -0.2) is 56.9 Å². The predicted octanol–water partition coefficient (Wildman–Crippen LogP) is 1.71. The third-order valence-corrected chi connectivity index (χ3v) is 9.39. The Hall–Kier alpha value is -0.960. The van der Waals surface area contributed by atoms with Crippen molar-refractivity contribution in [2.75, 3.05) is 26.2 Å². The van der Waals surface area contributed by atoms with Gasteiger partial charge in [-0.05, 0) is 25.3 Å². The van der Waals surface area contributed by atoms with Crippen molar-refractivity contribution in [3.8, 4) is 0 Å². The van der Waals surface area contributed by atoms with Crippen molar-refractivity contribution in [1.29, 1.82) is 0 Å². The number of nitrogens with zero attached hydrogens (tertiary/aromatic N) is 2. The van der Waals surface area contributed by atoms with Gasteiger partial charge in [-0.15, -0.1) is 0 Å². The Morgan fingerprint density at radius 2 is 1.40 bits per heavy atom. The van der Waals surface area contributed by atoms with E-state index in [1.807, 2.05) is 31.2 Å². The minimum absolute atomic E-state index is 0.0390. The van der Waals surface area contributed by atoms with E-state index in [0.717, 1.165) is 36.8 Å². The zero-order chi connectivity index (χ0) is 18.1. The van der Waals surface area contributed by atoms with E-state index in [9.17, 15) is 16.8 Å². The molecule has 140 valence electrons. The summed E-state index contributed by atoms with van der Waals surface area (Å²) in [4.78, 5) is 0. The van der Waals surface area contributed by atoms with Crippen LogP contribution in [0.15, 0.2) is 24.3 Å². The zero-order valence-corrected chi connectivity index (χ0v) is 16.2. The molecule has 0 amide bonds. The highest BCUT2D eigenvalue weighted by atomic mass is 32.2. The minimum atomic E-state index is -3.43. The Balaban J connectivity index is 1.62. The Labute approximate surface area is 150 Å². The summed E-state index contributed by atoms with van der Waals surface area (Å²) in [5, 5.41) is -0.275. The van der Waals surface area contributed by atoms with Crippen molar-refractivity contribution < 1.29 is 16.8 Å². The number of aryl methyl sites for hydroxylation is 1. The second kappa shape index (κ2) is 7.34. The van der Waals surface area contributed by atoms with E-state index in [2.05, 4.69) is 0 Å². The predicted molar refractivity (Wildman–Crippen MR) is 98.1 cm³/mol. The maximum atomic E-state index is 12.6. The fourth-order valence-corrected chi connectivity index (χ4v) is 7.12. The molecular formula is C17H26N2O4S2. The molecule has 1 saturated heterocycles. The molecule has 1 aromatic rings. The van der Waals surface area contributed by atoms with Gasteiger partial charge >= 0.3 is 0 Å². The first-order chi connectivity index (χ1) is 11.8. The Morgan fingerprint density at radius 1 is 0.880 bits per heavy atom. The number of sulfonamides is 2. The summed E-state index contributed by atoms with van der Waals surface area (Å²) in [5.41, 5.74) is 1.85. The van der Waals surface area contributed by atoms with Crippen LogP contribution in [0.1, 0.15) is 36.8 Å². The van der Waals surface area contributed by atoms with Gasteiger partial charge in [0.2, 0.25) is 20.0 Å². The lowest BCUT2D eigenvalue weighted by atomic mass is 10.2. The SMILES string of the molecule is Cc1ccc(CS(=O)(=O)N2CCN(S(=O)(=O)C3CCCC3)CC2)cc1. The Kier molecular flexibility index (Phi) is 5.53. The quantitative estimate of drug-likeness (QED) is 0.772. The van der Waals surface area contributed by atoms with Gasteiger partial charge in [0.1, 0.15) is 0 Å². The van der Waals surface area contributed by atoms with Crippen LogP contribution in [0.2, 0.25) is 0 Å². The first kappa shape index (κ1) is 18.8. The molecule has 0 spiro atoms. The van der Waals surface area contributed by atoms with E-state index in [4.69, 9.17) is 0 Å². The highest BCUT2D eigenvalue weighted by Crippen LogP contribution is 2.28. The number of benzene rings is 1. The molecule has 2 fully saturated rings. The van der Waals surface area contributed by atoms with Crippen LogP contribution in [-0.2, 0) is 25.8 Å². The molecule has 1 aliphatic carbocycles. The summed E-state index contributed by atoms with van der Waals surface area (Å²) in [6.07, 6.45) is 3.39. The highest BCUT2D eigenvalue weighted by molar-refractivity contribution is 7.89. The molecule has 3 rings (SSSR count). The molecule has 0 aromatic heterocycles. The first-order valence-corrected chi connectivity index (χ1v) is 11.9. The molecule has 0 atom stereocenters. The van der Waals surface area contributed by atoms with E-state index in [1.54, 1.807) is 0 Å². The number of rotatable bonds is 5. The molecule has 0 radical (unpaired) electrons. The van der Waals surface area contributed by atoms with Crippen molar-refractivity contribution in [2.24, 2.45) is 0 Å². The van der Waals surface area contributed by atoms with Gasteiger partial charge < -0.3 is 0 Å². The molecule has 1 aliphatic heterocycles. The van der Waals surface area contributed by atoms with Gasteiger partial charge in [-0.3, -0.25) is 0 Å². The van der Waals surface area contributed by atoms with Crippen LogP contribution in [0, 0.1) is 6.92 Å². The number of hydrogen-bond donors (Lipinski definition) is 0. The molecule has 0 N–H and O–H groups in total. The lowest BCUT2D eigenvalue weighted by Crippen LogP contribution is -2.52. The normalized spacial score (nSPS) is 21.6. The minimum Gasteiger partial charge on any atom is -0.212 e. The van der Waals surface area contributed by atoms with Crippen molar-refractivity contribution >= 4 is 20.0 Å². The molecule has 1 aromatic carbocycles. The molecule has 1 saturated carbocycles. The van der Waals surface area contributed by atoms with Crippen molar-refractivity contribution in [3.05, 3.63) is 35.4 Å². The lowest BCUT2D eigenvalue weighted by Gasteiger charge is -2.34. The second-order valence-electron chi connectivity index (χ2n) is 6.99. The van der Waals surface area contributed by atoms with E-state index in [1.165, 1.54) is 8.61 Å². The van der Waals surface area contributed by atoms with Gasteiger partial charge in [-0.2, -0.15) is 8.61 Å². The molecule has 0 unspecified atom stereocenters. The largest absolute Gasteiger partial charge is 0.218 e. The summed E-state index contributed by atoms with van der Waals surface area (Å²) < 4.78 is 53.4. The number of hydrogen-bond acceptors (Lipinski definition) is 4. The van der Waals surface area contributed by atoms with Crippen LogP contribution in [0.3, 0.4) is 0 Å². The van der Waals surface area contributed by atoms with Crippen molar-refractivity contribution in [3.63, 3.8) is 0 Å². The second-order valence-corrected chi connectivity index (χ2v) is 11.2. The highest BCUT2D eigenvalue weighted by Gasteiger charge is 2.37. The lowest BCUT2D eigenvalue weighted by molar-refractivity contribution is 0.270. The van der Waals surface area contributed by atoms with E-state index >= 15 is 0 Å². The summed E-state index contributed by atoms with van der Waals surface area (Å²) in [6, 6.07) is 7.45. The Bertz CT molecular complexity index is 790. The monoisotopic (exact) mass is 386 g/mol. The van der Waals surface area contributed by atoms with E-state index < -0.39 is 20.0 Å². The van der Waals surface area contributed by atoms with E-state index in [-0.39, 0.29) is 37.2 Å². The van der Waals surface area contributed by atoms with Gasteiger partial charge in [0.05, 0.1) is 11.0 Å². The van der Waals surface area contributed by atoms with Gasteiger partial charge in [0.15, 0.2) is 0 Å². The maximum Gasteiger partial charge on any atom is 0.218 e. The average Bonchev–Trinajstić information content (AvgIpc) is 3.12. The van der Waals surface area contributed by atoms with Gasteiger partial charge in [-0.25, -0.2) is 16.8 Å². The third-order valence-electron chi connectivity index (χ3n) is 5.14. The van der Waals surface area contributed by atoms with Crippen LogP contribution in [0.5, 0.6) is 0 Å². The molecule has 0 bridgehead atoms. The third kappa shape index (κ3) is 4.24. The number of piperazine rings is 1. The van der Waals surface area contributed by atoms with Crippen molar-refractivity contribution in [2.45, 2.75) is 43.6 Å². The van der Waals surface area contributed by atoms with Gasteiger partial charge in [0, 0.05) is 26.2 Å². The smallest absolute Gasteiger partial charge is 0.212 e. The average molecular weight is 387 g/mol. The van der Waals surface area contributed by atoms with Crippen LogP contribution < -0.4 is 0 Å². The summed E-state index contributed by atoms with van der Waals surface area (Å²) in [5.74, 6) is -0.0390. The summed E-state index contributed by atoms with van der Waals surface area (Å²) in [7, 11) is -6.71. The van der Waals surface area contributed by atoms with Gasteiger partial charge in [-0.1, -0.05) is 42.7 Å². The summed E-state index contributed by atoms with van der Waals surface area (Å²) in [6.45, 7) is 2.94. The molecule has 6 nitrogen and oxygen atoms in total. The van der Waals surface area contributed by atoms with Crippen LogP contribution in [0.4, 0.5) is 0 Å². The fraction of sp³-hybridized carbons (Fsp3) is 0.647. The van der Waals surface area contributed by atoms with Crippen LogP contribution in [0.25, 0.3) is 0 Å². The summed E-state index contributed by atoms with van der Waals surface area (Å²) >= 11 is 0. The Morgan fingerprint density at radius 3 is 1.96 bits per heavy atom. The molecule has 2 aliphatic rings. The topological polar surface area (TPSA) is 74.8 Å². The first-order valence-electron chi connectivity index (χ1n) is 8.81. The molecule has 25 heavy (non-hydrogen) atoms. The zero-order valence-electron chi connectivity index (χ0n) is 14.6. The van der Waals surface area contributed by atoms with Crippen molar-refractivity contribution in [1.82, 2.24) is 8.61 Å². The standard InChI is InChI=1S/C17H26N2O4S2/c1-15-6-8-16(9-7-15)14-24(20,21)18-10-12-19(13-11-18)25(22,23)17-4-2-3-5-17/h6-9,17H,2-5,10-14H2,1H3. The molecule has 8 heteroatoms. The van der Waals surface area contributed by atoms with E-state index in [0.29, 0.717) is 0 Å². The van der Waals surface area contributed by atoms with Crippen LogP contribution >= 0.6 is 0 Å². The molecule has 1 heterocycles.